The smallest absolute Gasteiger partial charge is 0.138 e. The fraction of sp³-hybridized carbons (Fsp3) is 0.308. The predicted molar refractivity (Wildman–Crippen MR) is 77.6 cm³/mol. The van der Waals surface area contributed by atoms with Gasteiger partial charge in [-0.3, -0.25) is 5.10 Å². The number of aryl methyl sites for hydroxylation is 1. The van der Waals surface area contributed by atoms with Crippen molar-refractivity contribution < 1.29 is 0 Å². The summed E-state index contributed by atoms with van der Waals surface area (Å²) in [6, 6.07) is 4.05. The highest BCUT2D eigenvalue weighted by molar-refractivity contribution is 7.16. The van der Waals surface area contributed by atoms with Gasteiger partial charge in [0.25, 0.3) is 0 Å². The second kappa shape index (κ2) is 5.36. The van der Waals surface area contributed by atoms with Crippen molar-refractivity contribution in [1.82, 2.24) is 20.2 Å². The van der Waals surface area contributed by atoms with Gasteiger partial charge < -0.3 is 5.32 Å². The minimum absolute atomic E-state index is 0.827. The maximum absolute atomic E-state index is 4.57. The third kappa shape index (κ3) is 2.58. The number of rotatable bonds is 5. The van der Waals surface area contributed by atoms with E-state index in [1.165, 1.54) is 0 Å². The van der Waals surface area contributed by atoms with Crippen LogP contribution in [0, 0.1) is 0 Å². The van der Waals surface area contributed by atoms with Gasteiger partial charge in [-0.05, 0) is 17.5 Å². The Morgan fingerprint density at radius 1 is 1.32 bits per heavy atom. The first kappa shape index (κ1) is 12.1. The fourth-order valence-corrected chi connectivity index (χ4v) is 2.71. The lowest BCUT2D eigenvalue weighted by atomic mass is 10.3. The lowest BCUT2D eigenvalue weighted by molar-refractivity contribution is 0.914. The van der Waals surface area contributed by atoms with Gasteiger partial charge in [0.2, 0.25) is 0 Å². The first-order chi connectivity index (χ1) is 9.36. The van der Waals surface area contributed by atoms with E-state index in [4.69, 9.17) is 0 Å². The zero-order valence-electron chi connectivity index (χ0n) is 10.7. The highest BCUT2D eigenvalue weighted by atomic mass is 32.1. The van der Waals surface area contributed by atoms with Crippen LogP contribution in [0.2, 0.25) is 0 Å². The van der Waals surface area contributed by atoms with Crippen molar-refractivity contribution in [3.05, 3.63) is 35.2 Å². The van der Waals surface area contributed by atoms with Gasteiger partial charge in [0.15, 0.2) is 0 Å². The van der Waals surface area contributed by atoms with Gasteiger partial charge in [-0.25, -0.2) is 9.97 Å². The van der Waals surface area contributed by atoms with Crippen molar-refractivity contribution in [2.45, 2.75) is 19.8 Å². The van der Waals surface area contributed by atoms with Crippen LogP contribution in [-0.4, -0.2) is 26.7 Å². The molecule has 3 aromatic rings. The van der Waals surface area contributed by atoms with Crippen molar-refractivity contribution in [3.8, 4) is 0 Å². The average molecular weight is 273 g/mol. The molecule has 3 heterocycles. The zero-order valence-corrected chi connectivity index (χ0v) is 11.5. The van der Waals surface area contributed by atoms with Crippen LogP contribution in [-0.2, 0) is 12.8 Å². The van der Waals surface area contributed by atoms with Gasteiger partial charge in [-0.2, -0.15) is 5.10 Å². The fourth-order valence-electron chi connectivity index (χ4n) is 1.93. The average Bonchev–Trinajstić information content (AvgIpc) is 3.08. The summed E-state index contributed by atoms with van der Waals surface area (Å²) in [7, 11) is 0. The van der Waals surface area contributed by atoms with E-state index in [2.05, 4.69) is 43.9 Å². The number of anilines is 1. The molecule has 0 aromatic carbocycles. The number of H-pyrrole nitrogens is 1. The van der Waals surface area contributed by atoms with Crippen LogP contribution in [0.25, 0.3) is 10.2 Å². The molecule has 0 fully saturated rings. The van der Waals surface area contributed by atoms with Gasteiger partial charge >= 0.3 is 0 Å². The normalized spacial score (nSPS) is 11.0. The summed E-state index contributed by atoms with van der Waals surface area (Å²) >= 11 is 1.65. The van der Waals surface area contributed by atoms with E-state index in [9.17, 15) is 0 Å². The van der Waals surface area contributed by atoms with Gasteiger partial charge in [-0.1, -0.05) is 6.92 Å². The van der Waals surface area contributed by atoms with E-state index >= 15 is 0 Å². The number of hydrogen-bond acceptors (Lipinski definition) is 5. The Labute approximate surface area is 115 Å². The molecule has 3 aromatic heterocycles. The van der Waals surface area contributed by atoms with Crippen molar-refractivity contribution in [2.24, 2.45) is 0 Å². The van der Waals surface area contributed by atoms with Crippen LogP contribution in [0.3, 0.4) is 0 Å². The monoisotopic (exact) mass is 273 g/mol. The summed E-state index contributed by atoms with van der Waals surface area (Å²) in [4.78, 5) is 10.1. The molecule has 0 aliphatic carbocycles. The molecule has 0 atom stereocenters. The molecule has 5 nitrogen and oxygen atoms in total. The number of aromatic nitrogens is 4. The molecule has 0 aliphatic heterocycles. The Bertz CT molecular complexity index is 659. The highest BCUT2D eigenvalue weighted by Crippen LogP contribution is 2.25. The Morgan fingerprint density at radius 3 is 3.05 bits per heavy atom. The first-order valence-electron chi connectivity index (χ1n) is 6.33. The second-order valence-corrected chi connectivity index (χ2v) is 5.13. The summed E-state index contributed by atoms with van der Waals surface area (Å²) in [5.41, 5.74) is 1.12. The summed E-state index contributed by atoms with van der Waals surface area (Å²) in [6.07, 6.45) is 3.52. The van der Waals surface area contributed by atoms with Crippen molar-refractivity contribution >= 4 is 27.4 Å². The summed E-state index contributed by atoms with van der Waals surface area (Å²) in [5, 5.41) is 13.5. The van der Waals surface area contributed by atoms with Crippen LogP contribution >= 0.6 is 11.3 Å². The van der Waals surface area contributed by atoms with E-state index in [-0.39, 0.29) is 0 Å². The van der Waals surface area contributed by atoms with Gasteiger partial charge in [-0.15, -0.1) is 11.3 Å². The third-order valence-electron chi connectivity index (χ3n) is 2.93. The number of aromatic amines is 1. The van der Waals surface area contributed by atoms with E-state index < -0.39 is 0 Å². The minimum Gasteiger partial charge on any atom is -0.369 e. The van der Waals surface area contributed by atoms with E-state index in [0.29, 0.717) is 0 Å². The van der Waals surface area contributed by atoms with Crippen LogP contribution < -0.4 is 5.32 Å². The molecule has 0 saturated heterocycles. The van der Waals surface area contributed by atoms with E-state index in [1.54, 1.807) is 17.5 Å². The molecule has 6 heteroatoms. The number of hydrogen-bond donors (Lipinski definition) is 2. The Morgan fingerprint density at radius 2 is 2.26 bits per heavy atom. The highest BCUT2D eigenvalue weighted by Gasteiger charge is 2.07. The Kier molecular flexibility index (Phi) is 3.41. The molecule has 3 rings (SSSR count). The van der Waals surface area contributed by atoms with Crippen LogP contribution in [0.1, 0.15) is 18.4 Å². The summed E-state index contributed by atoms with van der Waals surface area (Å²) < 4.78 is 0. The minimum atomic E-state index is 0.827. The molecule has 0 spiro atoms. The molecular formula is C13H15N5S. The van der Waals surface area contributed by atoms with Gasteiger partial charge in [0.05, 0.1) is 5.39 Å². The summed E-state index contributed by atoms with van der Waals surface area (Å²) in [6.45, 7) is 2.90. The largest absolute Gasteiger partial charge is 0.369 e. The van der Waals surface area contributed by atoms with Crippen molar-refractivity contribution in [1.29, 1.82) is 0 Å². The van der Waals surface area contributed by atoms with Crippen LogP contribution in [0.15, 0.2) is 23.7 Å². The Hall–Kier alpha value is -1.95. The van der Waals surface area contributed by atoms with Gasteiger partial charge in [0.1, 0.15) is 16.5 Å². The predicted octanol–water partition coefficient (Wildman–Crippen LogP) is 2.63. The summed E-state index contributed by atoms with van der Waals surface area (Å²) in [5.74, 6) is 1.82. The van der Waals surface area contributed by atoms with Crippen LogP contribution in [0.4, 0.5) is 5.82 Å². The molecule has 0 aliphatic rings. The van der Waals surface area contributed by atoms with Crippen molar-refractivity contribution in [2.75, 3.05) is 11.9 Å². The molecule has 0 saturated carbocycles. The third-order valence-corrected chi connectivity index (χ3v) is 3.74. The van der Waals surface area contributed by atoms with E-state index in [1.807, 2.05) is 6.07 Å². The van der Waals surface area contributed by atoms with Crippen molar-refractivity contribution in [3.63, 3.8) is 0 Å². The first-order valence-corrected chi connectivity index (χ1v) is 7.21. The SMILES string of the molecule is CCc1nc(NCCc2ccn[nH]2)c2ccsc2n1. The second-order valence-electron chi connectivity index (χ2n) is 4.24. The lowest BCUT2D eigenvalue weighted by Crippen LogP contribution is -2.08. The molecular weight excluding hydrogens is 258 g/mol. The van der Waals surface area contributed by atoms with Crippen LogP contribution in [0.5, 0.6) is 0 Å². The molecule has 0 unspecified atom stereocenters. The number of nitrogens with zero attached hydrogens (tertiary/aromatic N) is 3. The molecule has 0 radical (unpaired) electrons. The maximum atomic E-state index is 4.57. The molecule has 2 N–H and O–H groups in total. The maximum Gasteiger partial charge on any atom is 0.138 e. The Balaban J connectivity index is 1.77. The van der Waals surface area contributed by atoms with E-state index in [0.717, 1.165) is 46.9 Å². The number of thiophene rings is 1. The lowest BCUT2D eigenvalue weighted by Gasteiger charge is -2.07. The molecule has 0 bridgehead atoms. The number of nitrogens with one attached hydrogen (secondary N) is 2. The molecule has 19 heavy (non-hydrogen) atoms. The topological polar surface area (TPSA) is 66.5 Å². The number of fused-ring (bicyclic) bond motifs is 1. The molecule has 0 amide bonds. The standard InChI is InChI=1S/C13H15N5S/c1-2-11-16-12(10-5-8-19-13(10)17-11)14-6-3-9-4-7-15-18-9/h4-5,7-8H,2-3,6H2,1H3,(H,15,18)(H,14,16,17). The zero-order chi connectivity index (χ0) is 13.1. The molecule has 98 valence electrons. The quantitative estimate of drug-likeness (QED) is 0.750. The van der Waals surface area contributed by atoms with Gasteiger partial charge in [0, 0.05) is 31.3 Å².